The van der Waals surface area contributed by atoms with Gasteiger partial charge in [0.05, 0.1) is 0 Å². The number of benzene rings is 1. The lowest BCUT2D eigenvalue weighted by atomic mass is 9.94. The zero-order chi connectivity index (χ0) is 14.4. The number of carbonyl (C=O) groups is 1. The fourth-order valence-corrected chi connectivity index (χ4v) is 3.04. The molecule has 1 aliphatic rings. The van der Waals surface area contributed by atoms with Crippen LogP contribution < -0.4 is 10.6 Å². The highest BCUT2D eigenvalue weighted by molar-refractivity contribution is 7.98. The molecule has 0 spiro atoms. The maximum absolute atomic E-state index is 12.2. The molecule has 1 heterocycles. The minimum atomic E-state index is 0. The van der Waals surface area contributed by atoms with Gasteiger partial charge in [-0.25, -0.2) is 0 Å². The topological polar surface area (TPSA) is 41.1 Å². The third kappa shape index (κ3) is 5.53. The summed E-state index contributed by atoms with van der Waals surface area (Å²) in [5.41, 5.74) is 2.04. The summed E-state index contributed by atoms with van der Waals surface area (Å²) in [5, 5.41) is 6.48. The van der Waals surface area contributed by atoms with E-state index in [1.54, 1.807) is 0 Å². The van der Waals surface area contributed by atoms with Crippen LogP contribution in [-0.2, 0) is 5.75 Å². The lowest BCUT2D eigenvalue weighted by molar-refractivity contribution is 0.0915. The highest BCUT2D eigenvalue weighted by atomic mass is 35.5. The highest BCUT2D eigenvalue weighted by Crippen LogP contribution is 2.14. The predicted octanol–water partition coefficient (Wildman–Crippen LogP) is 3.09. The summed E-state index contributed by atoms with van der Waals surface area (Å²) < 4.78 is 0. The third-order valence-corrected chi connectivity index (χ3v) is 4.78. The van der Waals surface area contributed by atoms with Crippen molar-refractivity contribution >= 4 is 30.1 Å². The van der Waals surface area contributed by atoms with E-state index in [9.17, 15) is 4.79 Å². The second kappa shape index (κ2) is 9.34. The lowest BCUT2D eigenvalue weighted by Gasteiger charge is -2.30. The molecule has 2 N–H and O–H groups in total. The Balaban J connectivity index is 0.00000220. The van der Waals surface area contributed by atoms with Gasteiger partial charge in [-0.3, -0.25) is 4.79 Å². The largest absolute Gasteiger partial charge is 0.348 e. The molecule has 21 heavy (non-hydrogen) atoms. The smallest absolute Gasteiger partial charge is 0.251 e. The van der Waals surface area contributed by atoms with Crippen molar-refractivity contribution in [2.75, 3.05) is 18.8 Å². The minimum Gasteiger partial charge on any atom is -0.348 e. The first-order valence-corrected chi connectivity index (χ1v) is 8.54. The Bertz CT molecular complexity index is 438. The van der Waals surface area contributed by atoms with E-state index in [0.717, 1.165) is 36.6 Å². The summed E-state index contributed by atoms with van der Waals surface area (Å²) in [6.45, 7) is 6.29. The second-order valence-electron chi connectivity index (χ2n) is 5.38. The van der Waals surface area contributed by atoms with Crippen LogP contribution in [0, 0.1) is 5.92 Å². The van der Waals surface area contributed by atoms with Gasteiger partial charge in [0, 0.05) is 23.9 Å². The Labute approximate surface area is 138 Å². The molecule has 1 aliphatic heterocycles. The Morgan fingerprint density at radius 2 is 2.10 bits per heavy atom. The molecule has 0 bridgehead atoms. The van der Waals surface area contributed by atoms with E-state index >= 15 is 0 Å². The van der Waals surface area contributed by atoms with E-state index < -0.39 is 0 Å². The Morgan fingerprint density at radius 3 is 2.71 bits per heavy atom. The maximum Gasteiger partial charge on any atom is 0.251 e. The molecule has 2 rings (SSSR count). The molecule has 0 saturated carbocycles. The molecule has 1 saturated heterocycles. The van der Waals surface area contributed by atoms with E-state index in [-0.39, 0.29) is 24.4 Å². The number of nitrogens with one attached hydrogen (secondary N) is 2. The van der Waals surface area contributed by atoms with Gasteiger partial charge in [0.2, 0.25) is 0 Å². The van der Waals surface area contributed by atoms with Crippen LogP contribution in [0.4, 0.5) is 0 Å². The van der Waals surface area contributed by atoms with Crippen molar-refractivity contribution in [3.8, 4) is 0 Å². The SMILES string of the molecule is CCSCc1ccc(C(=O)NC2CNCCC2C)cc1.Cl. The number of rotatable bonds is 5. The van der Waals surface area contributed by atoms with Crippen LogP contribution in [0.2, 0.25) is 0 Å². The fraction of sp³-hybridized carbons (Fsp3) is 0.562. The number of carbonyl (C=O) groups excluding carboxylic acids is 1. The van der Waals surface area contributed by atoms with Crippen molar-refractivity contribution in [2.45, 2.75) is 32.1 Å². The van der Waals surface area contributed by atoms with Crippen LogP contribution in [0.3, 0.4) is 0 Å². The van der Waals surface area contributed by atoms with Crippen LogP contribution in [0.15, 0.2) is 24.3 Å². The summed E-state index contributed by atoms with van der Waals surface area (Å²) in [6.07, 6.45) is 1.12. The molecule has 0 aliphatic carbocycles. The van der Waals surface area contributed by atoms with Crippen molar-refractivity contribution in [2.24, 2.45) is 5.92 Å². The molecule has 118 valence electrons. The van der Waals surface area contributed by atoms with Crippen LogP contribution >= 0.6 is 24.2 Å². The van der Waals surface area contributed by atoms with Crippen LogP contribution in [0.5, 0.6) is 0 Å². The maximum atomic E-state index is 12.2. The normalized spacial score (nSPS) is 21.4. The molecule has 0 radical (unpaired) electrons. The zero-order valence-electron chi connectivity index (χ0n) is 12.7. The summed E-state index contributed by atoms with van der Waals surface area (Å²) in [4.78, 5) is 12.2. The first-order chi connectivity index (χ1) is 9.70. The molecule has 0 aromatic heterocycles. The average molecular weight is 329 g/mol. The van der Waals surface area contributed by atoms with Gasteiger partial charge >= 0.3 is 0 Å². The quantitative estimate of drug-likeness (QED) is 0.872. The van der Waals surface area contributed by atoms with Gasteiger partial charge < -0.3 is 10.6 Å². The van der Waals surface area contributed by atoms with E-state index in [1.165, 1.54) is 5.56 Å². The summed E-state index contributed by atoms with van der Waals surface area (Å²) >= 11 is 1.90. The Morgan fingerprint density at radius 1 is 1.38 bits per heavy atom. The first kappa shape index (κ1) is 18.3. The van der Waals surface area contributed by atoms with Crippen molar-refractivity contribution in [1.29, 1.82) is 0 Å². The van der Waals surface area contributed by atoms with Crippen molar-refractivity contribution in [3.05, 3.63) is 35.4 Å². The number of piperidine rings is 1. The molecule has 3 nitrogen and oxygen atoms in total. The van der Waals surface area contributed by atoms with Crippen molar-refractivity contribution in [3.63, 3.8) is 0 Å². The van der Waals surface area contributed by atoms with E-state index in [0.29, 0.717) is 5.92 Å². The number of thioether (sulfide) groups is 1. The molecule has 1 amide bonds. The fourth-order valence-electron chi connectivity index (χ4n) is 2.41. The molecule has 2 unspecified atom stereocenters. The summed E-state index contributed by atoms with van der Waals surface area (Å²) in [5.74, 6) is 2.72. The van der Waals surface area contributed by atoms with Crippen LogP contribution in [0.25, 0.3) is 0 Å². The highest BCUT2D eigenvalue weighted by Gasteiger charge is 2.22. The number of halogens is 1. The number of hydrogen-bond donors (Lipinski definition) is 2. The minimum absolute atomic E-state index is 0. The molecule has 5 heteroatoms. The molecular formula is C16H25ClN2OS. The van der Waals surface area contributed by atoms with Gasteiger partial charge in [-0.1, -0.05) is 26.0 Å². The van der Waals surface area contributed by atoms with Gasteiger partial charge in [-0.2, -0.15) is 11.8 Å². The standard InChI is InChI=1S/C16H24N2OS.ClH/c1-3-20-11-13-4-6-14(7-5-13)16(19)18-15-10-17-9-8-12(15)2;/h4-7,12,15,17H,3,8-11H2,1-2H3,(H,18,19);1H. The Hall–Kier alpha value is -0.710. The van der Waals surface area contributed by atoms with Gasteiger partial charge in [-0.05, 0) is 42.3 Å². The molecule has 1 aromatic carbocycles. The van der Waals surface area contributed by atoms with Crippen LogP contribution in [-0.4, -0.2) is 30.8 Å². The first-order valence-electron chi connectivity index (χ1n) is 7.39. The second-order valence-corrected chi connectivity index (χ2v) is 6.66. The van der Waals surface area contributed by atoms with E-state index in [2.05, 4.69) is 36.6 Å². The summed E-state index contributed by atoms with van der Waals surface area (Å²) in [6, 6.07) is 8.22. The van der Waals surface area contributed by atoms with Gasteiger partial charge in [-0.15, -0.1) is 12.4 Å². The molecular weight excluding hydrogens is 304 g/mol. The van der Waals surface area contributed by atoms with Crippen molar-refractivity contribution < 1.29 is 4.79 Å². The molecule has 1 aromatic rings. The summed E-state index contributed by atoms with van der Waals surface area (Å²) in [7, 11) is 0. The lowest BCUT2D eigenvalue weighted by Crippen LogP contribution is -2.50. The van der Waals surface area contributed by atoms with Gasteiger partial charge in [0.15, 0.2) is 0 Å². The monoisotopic (exact) mass is 328 g/mol. The zero-order valence-corrected chi connectivity index (χ0v) is 14.4. The van der Waals surface area contributed by atoms with E-state index in [4.69, 9.17) is 0 Å². The number of hydrogen-bond acceptors (Lipinski definition) is 3. The average Bonchev–Trinajstić information content (AvgIpc) is 2.48. The van der Waals surface area contributed by atoms with Crippen LogP contribution in [0.1, 0.15) is 36.2 Å². The van der Waals surface area contributed by atoms with E-state index in [1.807, 2.05) is 23.9 Å². The Kier molecular flexibility index (Phi) is 8.15. The van der Waals surface area contributed by atoms with Crippen molar-refractivity contribution in [1.82, 2.24) is 10.6 Å². The predicted molar refractivity (Wildman–Crippen MR) is 93.4 cm³/mol. The number of amides is 1. The van der Waals surface area contributed by atoms with Gasteiger partial charge in [0.25, 0.3) is 5.91 Å². The molecule has 1 fully saturated rings. The third-order valence-electron chi connectivity index (χ3n) is 3.83. The van der Waals surface area contributed by atoms with Gasteiger partial charge in [0.1, 0.15) is 0 Å². The molecule has 2 atom stereocenters.